The summed E-state index contributed by atoms with van der Waals surface area (Å²) in [6.07, 6.45) is 51.8. The minimum atomic E-state index is 1.01. The van der Waals surface area contributed by atoms with Gasteiger partial charge in [0, 0.05) is 23.5 Å². The minimum absolute atomic E-state index is 1.01. The van der Waals surface area contributed by atoms with Crippen molar-refractivity contribution in [3.63, 3.8) is 0 Å². The van der Waals surface area contributed by atoms with Crippen molar-refractivity contribution >= 4 is 107 Å². The van der Waals surface area contributed by atoms with Gasteiger partial charge in [-0.05, 0) is 188 Å². The monoisotopic (exact) mass is 1250 g/mol. The second-order valence-electron chi connectivity index (χ2n) is 25.6. The van der Waals surface area contributed by atoms with Crippen LogP contribution in [-0.2, 0) is 32.1 Å². The number of hydrogen-bond donors (Lipinski definition) is 0. The molecule has 5 heteroatoms. The molecule has 2 aliphatic rings. The number of thiophene rings is 5. The minimum Gasteiger partial charge on any atom is -0.144 e. The second kappa shape index (κ2) is 41.3. The zero-order valence-corrected chi connectivity index (χ0v) is 58.4. The van der Waals surface area contributed by atoms with Crippen LogP contribution in [0.25, 0.3) is 50.4 Å². The molecule has 0 bridgehead atoms. The van der Waals surface area contributed by atoms with Crippen molar-refractivity contribution in [3.8, 4) is 0 Å². The molecule has 0 N–H and O–H groups in total. The van der Waals surface area contributed by atoms with Crippen LogP contribution in [-0.4, -0.2) is 0 Å². The Morgan fingerprint density at radius 2 is 0.494 bits per heavy atom. The second-order valence-corrected chi connectivity index (χ2v) is 30.2. The van der Waals surface area contributed by atoms with E-state index in [1.807, 2.05) is 56.7 Å². The standard InChI is InChI=1S/C19H28S.C17H22S.C17H24S.C15H18S.C14H18S/c1-2-3-4-5-6-7-8-9-10-13-17-16-20-19-15-12-11-14-18(17)19;1-2-7-14(8-3-1)9-6-10-15-13-18-17-12-5-4-11-16(15)17;1-2-3-4-5-6-7-8-11-15-14-18-17-13-10-9-12-16(15)17;1-2-6-12(5-1)9-10-13-11-16-15-8-4-3-7-14(13)15;1-2-3-4-5-8-12-11-15-14-10-7-6-9-13(12)14/h11-12,14-16H,2-10,13H2,1H3;4-5,11-14H,1-3,6-10H2;9-10,12-14H,2-8,11H2,1H3;3-4,7-8,11-12H,1-2,5-6,9-10H2;6-7,9-11H,2-5,8H2,1H3. The Balaban J connectivity index is 0.000000141. The molecule has 2 fully saturated rings. The van der Waals surface area contributed by atoms with Gasteiger partial charge in [0.2, 0.25) is 0 Å². The summed E-state index contributed by atoms with van der Waals surface area (Å²) in [6, 6.07) is 44.0. The van der Waals surface area contributed by atoms with E-state index in [0.717, 1.165) is 11.8 Å². The van der Waals surface area contributed by atoms with E-state index < -0.39 is 0 Å². The van der Waals surface area contributed by atoms with Gasteiger partial charge >= 0.3 is 0 Å². The zero-order valence-electron chi connectivity index (χ0n) is 54.3. The van der Waals surface area contributed by atoms with Crippen LogP contribution < -0.4 is 0 Å². The Labute approximate surface area is 549 Å². The molecule has 12 rings (SSSR count). The van der Waals surface area contributed by atoms with Crippen LogP contribution in [0, 0.1) is 11.8 Å². The molecule has 2 saturated carbocycles. The largest absolute Gasteiger partial charge is 0.144 e. The number of fused-ring (bicyclic) bond motifs is 5. The molecule has 5 aromatic carbocycles. The summed E-state index contributed by atoms with van der Waals surface area (Å²) in [7, 11) is 0. The predicted octanol–water partition coefficient (Wildman–Crippen LogP) is 29.0. The van der Waals surface area contributed by atoms with E-state index in [2.05, 4.69) is 169 Å². The van der Waals surface area contributed by atoms with E-state index in [1.165, 1.54) is 288 Å². The molecule has 5 heterocycles. The first-order valence-electron chi connectivity index (χ1n) is 35.4. The first-order valence-corrected chi connectivity index (χ1v) is 39.8. The highest BCUT2D eigenvalue weighted by molar-refractivity contribution is 7.18. The highest BCUT2D eigenvalue weighted by Crippen LogP contribution is 2.35. The molecule has 0 saturated heterocycles. The molecule has 0 atom stereocenters. The third kappa shape index (κ3) is 23.9. The summed E-state index contributed by atoms with van der Waals surface area (Å²) in [5.41, 5.74) is 7.82. The van der Waals surface area contributed by atoms with E-state index in [0.29, 0.717) is 0 Å². The van der Waals surface area contributed by atoms with Gasteiger partial charge in [-0.3, -0.25) is 0 Å². The summed E-state index contributed by atoms with van der Waals surface area (Å²) in [4.78, 5) is 0. The first-order chi connectivity index (χ1) is 43.1. The van der Waals surface area contributed by atoms with Crippen molar-refractivity contribution in [2.24, 2.45) is 11.8 Å². The Kier molecular flexibility index (Phi) is 32.7. The van der Waals surface area contributed by atoms with Crippen molar-refractivity contribution in [2.45, 2.75) is 258 Å². The van der Waals surface area contributed by atoms with Crippen LogP contribution in [0.15, 0.2) is 148 Å². The van der Waals surface area contributed by atoms with Crippen molar-refractivity contribution < 1.29 is 0 Å². The van der Waals surface area contributed by atoms with Crippen LogP contribution in [0.5, 0.6) is 0 Å². The van der Waals surface area contributed by atoms with Crippen molar-refractivity contribution in [1.29, 1.82) is 0 Å². The molecule has 0 unspecified atom stereocenters. The Morgan fingerprint density at radius 3 is 0.816 bits per heavy atom. The van der Waals surface area contributed by atoms with Crippen molar-refractivity contribution in [3.05, 3.63) is 176 Å². The Morgan fingerprint density at radius 1 is 0.253 bits per heavy atom. The van der Waals surface area contributed by atoms with Crippen LogP contribution in [0.1, 0.15) is 254 Å². The number of aryl methyl sites for hydroxylation is 5. The maximum absolute atomic E-state index is 2.37. The summed E-state index contributed by atoms with van der Waals surface area (Å²) in [5, 5.41) is 19.2. The van der Waals surface area contributed by atoms with Crippen LogP contribution in [0.2, 0.25) is 0 Å². The lowest BCUT2D eigenvalue weighted by molar-refractivity contribution is 0.332. The third-order valence-corrected chi connectivity index (χ3v) is 23.8. The topological polar surface area (TPSA) is 0 Å². The summed E-state index contributed by atoms with van der Waals surface area (Å²) in [5.74, 6) is 2.04. The molecule has 87 heavy (non-hydrogen) atoms. The van der Waals surface area contributed by atoms with Gasteiger partial charge in [0.05, 0.1) is 0 Å². The fourth-order valence-electron chi connectivity index (χ4n) is 13.5. The molecule has 0 aliphatic heterocycles. The van der Waals surface area contributed by atoms with E-state index in [4.69, 9.17) is 0 Å². The van der Waals surface area contributed by atoms with Crippen LogP contribution in [0.4, 0.5) is 0 Å². The molecule has 0 radical (unpaired) electrons. The lowest BCUT2D eigenvalue weighted by atomic mass is 9.85. The maximum atomic E-state index is 2.37. The molecular weight excluding hydrogens is 1150 g/mol. The van der Waals surface area contributed by atoms with E-state index in [-0.39, 0.29) is 0 Å². The summed E-state index contributed by atoms with van der Waals surface area (Å²) in [6.45, 7) is 6.83. The Bertz CT molecular complexity index is 3340. The van der Waals surface area contributed by atoms with Gasteiger partial charge in [-0.25, -0.2) is 0 Å². The van der Waals surface area contributed by atoms with Crippen LogP contribution >= 0.6 is 56.7 Å². The van der Waals surface area contributed by atoms with Crippen LogP contribution in [0.3, 0.4) is 0 Å². The van der Waals surface area contributed by atoms with E-state index >= 15 is 0 Å². The van der Waals surface area contributed by atoms with Crippen molar-refractivity contribution in [2.75, 3.05) is 0 Å². The highest BCUT2D eigenvalue weighted by atomic mass is 32.1. The fourth-order valence-corrected chi connectivity index (χ4v) is 18.5. The normalized spacial score (nSPS) is 13.6. The van der Waals surface area contributed by atoms with Gasteiger partial charge in [-0.2, -0.15) is 0 Å². The van der Waals surface area contributed by atoms with Gasteiger partial charge in [0.1, 0.15) is 0 Å². The molecule has 0 amide bonds. The number of benzene rings is 5. The summed E-state index contributed by atoms with van der Waals surface area (Å²) >= 11 is 9.46. The molecule has 468 valence electrons. The van der Waals surface area contributed by atoms with Gasteiger partial charge < -0.3 is 0 Å². The molecule has 5 aromatic heterocycles. The molecular formula is C82H110S5. The van der Waals surface area contributed by atoms with Crippen molar-refractivity contribution in [1.82, 2.24) is 0 Å². The summed E-state index contributed by atoms with van der Waals surface area (Å²) < 4.78 is 7.21. The molecule has 2 aliphatic carbocycles. The van der Waals surface area contributed by atoms with E-state index in [1.54, 1.807) is 27.8 Å². The van der Waals surface area contributed by atoms with Gasteiger partial charge in [0.15, 0.2) is 0 Å². The fraction of sp³-hybridized carbons (Fsp3) is 0.512. The lowest BCUT2D eigenvalue weighted by Gasteiger charge is -2.21. The van der Waals surface area contributed by atoms with Gasteiger partial charge in [0.25, 0.3) is 0 Å². The SMILES string of the molecule is CCCCCCCCCCCc1csc2ccccc12.CCCCCCCCCc1csc2ccccc12.CCCCCCc1csc2ccccc12.c1ccc2c(CCC3CCCC3)csc2c1.c1ccc2c(CCCC3CCCCC3)csc2c1. The zero-order chi connectivity index (χ0) is 60.2. The average Bonchev–Trinajstić information content (AvgIpc) is 3.89. The lowest BCUT2D eigenvalue weighted by Crippen LogP contribution is -2.06. The van der Waals surface area contributed by atoms with Gasteiger partial charge in [-0.15, -0.1) is 56.7 Å². The van der Waals surface area contributed by atoms with E-state index in [9.17, 15) is 0 Å². The first kappa shape index (κ1) is 68.8. The molecule has 10 aromatic rings. The molecule has 0 nitrogen and oxygen atoms in total. The number of hydrogen-bond acceptors (Lipinski definition) is 5. The third-order valence-electron chi connectivity index (χ3n) is 18.8. The highest BCUT2D eigenvalue weighted by Gasteiger charge is 2.16. The number of rotatable bonds is 30. The smallest absolute Gasteiger partial charge is 0.0345 e. The Hall–Kier alpha value is -4.10. The number of unbranched alkanes of at least 4 members (excludes halogenated alkanes) is 17. The maximum Gasteiger partial charge on any atom is 0.0345 e. The predicted molar refractivity (Wildman–Crippen MR) is 399 cm³/mol. The average molecular weight is 1260 g/mol. The molecule has 0 spiro atoms. The van der Waals surface area contributed by atoms with Gasteiger partial charge in [-0.1, -0.05) is 285 Å². The quantitative estimate of drug-likeness (QED) is 0.0394.